The summed E-state index contributed by atoms with van der Waals surface area (Å²) >= 11 is 3.31. The zero-order chi connectivity index (χ0) is 15.2. The van der Waals surface area contributed by atoms with Crippen molar-refractivity contribution < 1.29 is 8.78 Å². The summed E-state index contributed by atoms with van der Waals surface area (Å²) in [6, 6.07) is 11.7. The summed E-state index contributed by atoms with van der Waals surface area (Å²) in [6.07, 6.45) is 1.40. The van der Waals surface area contributed by atoms with Crippen molar-refractivity contribution in [3.8, 4) is 0 Å². The fourth-order valence-corrected chi connectivity index (χ4v) is 2.98. The minimum absolute atomic E-state index is 0.144. The van der Waals surface area contributed by atoms with E-state index in [0.717, 1.165) is 22.1 Å². The van der Waals surface area contributed by atoms with Gasteiger partial charge in [-0.25, -0.2) is 8.78 Å². The van der Waals surface area contributed by atoms with Crippen LogP contribution in [0.3, 0.4) is 0 Å². The van der Waals surface area contributed by atoms with Crippen molar-refractivity contribution in [1.29, 1.82) is 0 Å². The van der Waals surface area contributed by atoms with E-state index in [9.17, 15) is 8.78 Å². The molecule has 1 unspecified atom stereocenters. The van der Waals surface area contributed by atoms with Gasteiger partial charge in [-0.2, -0.15) is 0 Å². The maximum absolute atomic E-state index is 13.4. The molecule has 1 N–H and O–H groups in total. The van der Waals surface area contributed by atoms with Gasteiger partial charge in [0.2, 0.25) is 0 Å². The van der Waals surface area contributed by atoms with Gasteiger partial charge in [0, 0.05) is 10.5 Å². The van der Waals surface area contributed by atoms with Crippen LogP contribution in [0.25, 0.3) is 0 Å². The molecule has 2 aromatic rings. The minimum atomic E-state index is -0.250. The van der Waals surface area contributed by atoms with Crippen LogP contribution in [0.1, 0.15) is 18.1 Å². The molecule has 1 atom stereocenters. The number of nitrogens with one attached hydrogen (secondary N) is 1. The van der Waals surface area contributed by atoms with Gasteiger partial charge in [0.15, 0.2) is 0 Å². The molecular weight excluding hydrogens is 336 g/mol. The van der Waals surface area contributed by atoms with E-state index in [4.69, 9.17) is 0 Å². The van der Waals surface area contributed by atoms with Crippen LogP contribution < -0.4 is 5.32 Å². The van der Waals surface area contributed by atoms with Crippen LogP contribution in [-0.4, -0.2) is 12.6 Å². The van der Waals surface area contributed by atoms with Crippen LogP contribution in [0.4, 0.5) is 8.78 Å². The highest BCUT2D eigenvalue weighted by Crippen LogP contribution is 2.17. The topological polar surface area (TPSA) is 12.0 Å². The number of likely N-dealkylation sites (N-methyl/N-ethyl adjacent to an activating group) is 1. The maximum atomic E-state index is 13.4. The molecule has 0 aliphatic rings. The van der Waals surface area contributed by atoms with E-state index in [1.165, 1.54) is 12.1 Å². The SMILES string of the molecule is CCNC(Cc1cccc(F)c1)Cc1cc(F)cc(Br)c1. The standard InChI is InChI=1S/C17H18BrF2N/c1-2-21-17(9-12-4-3-5-15(19)7-12)10-13-6-14(18)11-16(20)8-13/h3-8,11,17,21H,2,9-10H2,1H3. The Morgan fingerprint density at radius 3 is 2.38 bits per heavy atom. The first-order chi connectivity index (χ1) is 10.1. The van der Waals surface area contributed by atoms with Crippen molar-refractivity contribution in [3.05, 3.63) is 69.7 Å². The first-order valence-electron chi connectivity index (χ1n) is 6.99. The average molecular weight is 354 g/mol. The highest BCUT2D eigenvalue weighted by Gasteiger charge is 2.11. The van der Waals surface area contributed by atoms with Gasteiger partial charge in [-0.15, -0.1) is 0 Å². The van der Waals surface area contributed by atoms with Gasteiger partial charge in [0.25, 0.3) is 0 Å². The molecule has 0 radical (unpaired) electrons. The molecule has 0 aliphatic carbocycles. The molecule has 0 heterocycles. The number of rotatable bonds is 6. The third-order valence-corrected chi connectivity index (χ3v) is 3.73. The van der Waals surface area contributed by atoms with Crippen molar-refractivity contribution in [2.24, 2.45) is 0 Å². The van der Waals surface area contributed by atoms with Crippen molar-refractivity contribution >= 4 is 15.9 Å². The van der Waals surface area contributed by atoms with Crippen LogP contribution >= 0.6 is 15.9 Å². The quantitative estimate of drug-likeness (QED) is 0.806. The Hall–Kier alpha value is -1.26. The van der Waals surface area contributed by atoms with E-state index in [1.807, 2.05) is 19.1 Å². The molecule has 2 aromatic carbocycles. The van der Waals surface area contributed by atoms with Gasteiger partial charge < -0.3 is 5.32 Å². The normalized spacial score (nSPS) is 12.4. The molecule has 0 aliphatic heterocycles. The monoisotopic (exact) mass is 353 g/mol. The van der Waals surface area contributed by atoms with Gasteiger partial charge in [-0.3, -0.25) is 0 Å². The Bertz CT molecular complexity index is 581. The number of benzene rings is 2. The second-order valence-electron chi connectivity index (χ2n) is 5.07. The van der Waals surface area contributed by atoms with Gasteiger partial charge in [-0.05, 0) is 60.8 Å². The average Bonchev–Trinajstić information content (AvgIpc) is 2.37. The molecule has 21 heavy (non-hydrogen) atoms. The van der Waals surface area contributed by atoms with E-state index in [1.54, 1.807) is 18.2 Å². The fourth-order valence-electron chi connectivity index (χ4n) is 2.47. The molecule has 0 fully saturated rings. The van der Waals surface area contributed by atoms with Crippen molar-refractivity contribution in [1.82, 2.24) is 5.32 Å². The number of hydrogen-bond acceptors (Lipinski definition) is 1. The molecule has 0 amide bonds. The van der Waals surface area contributed by atoms with Gasteiger partial charge in [0.05, 0.1) is 0 Å². The smallest absolute Gasteiger partial charge is 0.124 e. The van der Waals surface area contributed by atoms with Crippen LogP contribution in [0.15, 0.2) is 46.9 Å². The van der Waals surface area contributed by atoms with E-state index in [-0.39, 0.29) is 17.7 Å². The third-order valence-electron chi connectivity index (χ3n) is 3.27. The Labute approximate surface area is 132 Å². The lowest BCUT2D eigenvalue weighted by molar-refractivity contribution is 0.517. The molecular formula is C17H18BrF2N. The van der Waals surface area contributed by atoms with Crippen LogP contribution in [0.5, 0.6) is 0 Å². The zero-order valence-corrected chi connectivity index (χ0v) is 13.5. The summed E-state index contributed by atoms with van der Waals surface area (Å²) in [7, 11) is 0. The summed E-state index contributed by atoms with van der Waals surface area (Å²) < 4.78 is 27.4. The van der Waals surface area contributed by atoms with E-state index in [2.05, 4.69) is 21.2 Å². The molecule has 0 bridgehead atoms. The predicted octanol–water partition coefficient (Wildman–Crippen LogP) is 4.49. The largest absolute Gasteiger partial charge is 0.314 e. The Morgan fingerprint density at radius 2 is 1.71 bits per heavy atom. The maximum Gasteiger partial charge on any atom is 0.124 e. The molecule has 0 saturated carbocycles. The molecule has 0 aromatic heterocycles. The Kier molecular flexibility index (Phi) is 5.88. The molecule has 1 nitrogen and oxygen atoms in total. The summed E-state index contributed by atoms with van der Waals surface area (Å²) in [5.41, 5.74) is 1.86. The van der Waals surface area contributed by atoms with Gasteiger partial charge in [0.1, 0.15) is 11.6 Å². The first kappa shape index (κ1) is 16.1. The summed E-state index contributed by atoms with van der Waals surface area (Å²) in [5.74, 6) is -0.475. The van der Waals surface area contributed by atoms with Crippen molar-refractivity contribution in [2.45, 2.75) is 25.8 Å². The zero-order valence-electron chi connectivity index (χ0n) is 11.9. The second-order valence-corrected chi connectivity index (χ2v) is 5.99. The Morgan fingerprint density at radius 1 is 1.00 bits per heavy atom. The summed E-state index contributed by atoms with van der Waals surface area (Å²) in [4.78, 5) is 0. The van der Waals surface area contributed by atoms with Crippen LogP contribution in [0, 0.1) is 11.6 Å². The minimum Gasteiger partial charge on any atom is -0.314 e. The van der Waals surface area contributed by atoms with Crippen LogP contribution in [-0.2, 0) is 12.8 Å². The molecule has 0 spiro atoms. The number of hydrogen-bond donors (Lipinski definition) is 1. The molecule has 4 heteroatoms. The predicted molar refractivity (Wildman–Crippen MR) is 85.4 cm³/mol. The highest BCUT2D eigenvalue weighted by atomic mass is 79.9. The van der Waals surface area contributed by atoms with E-state index < -0.39 is 0 Å². The van der Waals surface area contributed by atoms with E-state index in [0.29, 0.717) is 12.8 Å². The van der Waals surface area contributed by atoms with Gasteiger partial charge >= 0.3 is 0 Å². The second kappa shape index (κ2) is 7.66. The lowest BCUT2D eigenvalue weighted by Gasteiger charge is -2.18. The third kappa shape index (κ3) is 5.21. The molecule has 2 rings (SSSR count). The lowest BCUT2D eigenvalue weighted by Crippen LogP contribution is -2.33. The summed E-state index contributed by atoms with van der Waals surface area (Å²) in [6.45, 7) is 2.84. The molecule has 112 valence electrons. The van der Waals surface area contributed by atoms with Crippen molar-refractivity contribution in [2.75, 3.05) is 6.54 Å². The number of halogens is 3. The van der Waals surface area contributed by atoms with Crippen molar-refractivity contribution in [3.63, 3.8) is 0 Å². The van der Waals surface area contributed by atoms with Gasteiger partial charge in [-0.1, -0.05) is 35.0 Å². The first-order valence-corrected chi connectivity index (χ1v) is 7.79. The Balaban J connectivity index is 2.11. The fraction of sp³-hybridized carbons (Fsp3) is 0.294. The summed E-state index contributed by atoms with van der Waals surface area (Å²) in [5, 5.41) is 3.38. The lowest BCUT2D eigenvalue weighted by atomic mass is 9.99. The van der Waals surface area contributed by atoms with E-state index >= 15 is 0 Å². The van der Waals surface area contributed by atoms with Crippen LogP contribution in [0.2, 0.25) is 0 Å². The highest BCUT2D eigenvalue weighted by molar-refractivity contribution is 9.10. The molecule has 0 saturated heterocycles.